The Bertz CT molecular complexity index is 399. The van der Waals surface area contributed by atoms with E-state index in [4.69, 9.17) is 5.84 Å². The van der Waals surface area contributed by atoms with Gasteiger partial charge in [0.05, 0.1) is 0 Å². The van der Waals surface area contributed by atoms with Crippen LogP contribution >= 0.6 is 0 Å². The highest BCUT2D eigenvalue weighted by Crippen LogP contribution is 2.11. The third kappa shape index (κ3) is 1.96. The Labute approximate surface area is 81.4 Å². The molecule has 0 aromatic heterocycles. The van der Waals surface area contributed by atoms with E-state index in [-0.39, 0.29) is 11.5 Å². The van der Waals surface area contributed by atoms with Crippen LogP contribution in [-0.2, 0) is 4.79 Å². The molecule has 1 rings (SSSR count). The van der Waals surface area contributed by atoms with Gasteiger partial charge in [-0.25, -0.2) is 4.39 Å². The van der Waals surface area contributed by atoms with Crippen molar-refractivity contribution in [2.75, 3.05) is 0 Å². The number of carbonyl (C=O) groups is 1. The Hall–Kier alpha value is -1.71. The van der Waals surface area contributed by atoms with E-state index in [1.807, 2.05) is 0 Å². The number of nitrogens with zero attached hydrogens (tertiary/aromatic N) is 1. The van der Waals surface area contributed by atoms with Crippen LogP contribution in [0.1, 0.15) is 18.1 Å². The summed E-state index contributed by atoms with van der Waals surface area (Å²) in [6.45, 7) is 3.11. The number of hydrogen-bond acceptors (Lipinski definition) is 3. The van der Waals surface area contributed by atoms with Gasteiger partial charge in [0.15, 0.2) is 5.78 Å². The predicted molar refractivity (Wildman–Crippen MR) is 52.5 cm³/mol. The Morgan fingerprint density at radius 1 is 1.50 bits per heavy atom. The van der Waals surface area contributed by atoms with Crippen LogP contribution in [0.25, 0.3) is 0 Å². The molecule has 0 unspecified atom stereocenters. The molecule has 0 saturated carbocycles. The molecule has 0 aliphatic carbocycles. The number of halogens is 1. The smallest absolute Gasteiger partial charge is 0.180 e. The number of hydrogen-bond donors (Lipinski definition) is 1. The standard InChI is InChI=1S/C10H11FN2O/c1-6-3-4-8(11)5-9(6)10(13-12)7(2)14/h3-5H,12H2,1-2H3/b13-10+. The molecule has 74 valence electrons. The maximum absolute atomic E-state index is 12.9. The zero-order chi connectivity index (χ0) is 10.7. The fraction of sp³-hybridized carbons (Fsp3) is 0.200. The monoisotopic (exact) mass is 194 g/mol. The average molecular weight is 194 g/mol. The maximum Gasteiger partial charge on any atom is 0.180 e. The number of aryl methyl sites for hydroxylation is 1. The minimum absolute atomic E-state index is 0.0991. The van der Waals surface area contributed by atoms with E-state index in [1.165, 1.54) is 19.1 Å². The molecule has 0 atom stereocenters. The fourth-order valence-electron chi connectivity index (χ4n) is 1.20. The molecule has 0 heterocycles. The summed E-state index contributed by atoms with van der Waals surface area (Å²) >= 11 is 0. The van der Waals surface area contributed by atoms with Gasteiger partial charge in [0.2, 0.25) is 0 Å². The first-order valence-electron chi connectivity index (χ1n) is 4.11. The minimum Gasteiger partial charge on any atom is -0.323 e. The van der Waals surface area contributed by atoms with Crippen molar-refractivity contribution in [1.29, 1.82) is 0 Å². The van der Waals surface area contributed by atoms with Crippen molar-refractivity contribution in [2.24, 2.45) is 10.9 Å². The molecule has 0 amide bonds. The summed E-state index contributed by atoms with van der Waals surface area (Å²) in [7, 11) is 0. The molecule has 0 saturated heterocycles. The van der Waals surface area contributed by atoms with E-state index in [2.05, 4.69) is 5.10 Å². The molecule has 0 radical (unpaired) electrons. The highest BCUT2D eigenvalue weighted by Gasteiger charge is 2.12. The molecule has 0 spiro atoms. The van der Waals surface area contributed by atoms with Gasteiger partial charge in [-0.3, -0.25) is 4.79 Å². The van der Waals surface area contributed by atoms with Gasteiger partial charge in [-0.1, -0.05) is 6.07 Å². The molecule has 14 heavy (non-hydrogen) atoms. The van der Waals surface area contributed by atoms with Gasteiger partial charge in [-0.2, -0.15) is 5.10 Å². The normalized spacial score (nSPS) is 11.5. The van der Waals surface area contributed by atoms with Gasteiger partial charge in [0.25, 0.3) is 0 Å². The molecule has 0 fully saturated rings. The van der Waals surface area contributed by atoms with Crippen LogP contribution in [0.5, 0.6) is 0 Å². The van der Waals surface area contributed by atoms with Gasteiger partial charge < -0.3 is 5.84 Å². The molecular formula is C10H11FN2O. The number of nitrogens with two attached hydrogens (primary N) is 1. The second-order valence-electron chi connectivity index (χ2n) is 2.99. The first kappa shape index (κ1) is 10.4. The Balaban J connectivity index is 3.30. The topological polar surface area (TPSA) is 55.5 Å². The number of Topliss-reactive ketones (excluding diaryl/α,β-unsaturated/α-hetero) is 1. The number of rotatable bonds is 2. The maximum atomic E-state index is 12.9. The van der Waals surface area contributed by atoms with E-state index in [9.17, 15) is 9.18 Å². The van der Waals surface area contributed by atoms with E-state index < -0.39 is 5.82 Å². The van der Waals surface area contributed by atoms with E-state index in [1.54, 1.807) is 13.0 Å². The lowest BCUT2D eigenvalue weighted by atomic mass is 10.0. The second-order valence-corrected chi connectivity index (χ2v) is 2.99. The van der Waals surface area contributed by atoms with Gasteiger partial charge >= 0.3 is 0 Å². The van der Waals surface area contributed by atoms with Crippen LogP contribution < -0.4 is 5.84 Å². The van der Waals surface area contributed by atoms with Crippen LogP contribution in [0.3, 0.4) is 0 Å². The molecule has 3 nitrogen and oxygen atoms in total. The first-order chi connectivity index (χ1) is 6.56. The van der Waals surface area contributed by atoms with Gasteiger partial charge in [0.1, 0.15) is 11.5 Å². The SMILES string of the molecule is CC(=O)/C(=N\N)c1cc(F)ccc1C. The Kier molecular flexibility index (Phi) is 2.96. The fourth-order valence-corrected chi connectivity index (χ4v) is 1.20. The molecule has 1 aromatic rings. The summed E-state index contributed by atoms with van der Waals surface area (Å²) in [5, 5.41) is 3.36. The van der Waals surface area contributed by atoms with E-state index >= 15 is 0 Å². The summed E-state index contributed by atoms with van der Waals surface area (Å²) in [6.07, 6.45) is 0. The quantitative estimate of drug-likeness (QED) is 0.439. The lowest BCUT2D eigenvalue weighted by Crippen LogP contribution is -2.15. The zero-order valence-electron chi connectivity index (χ0n) is 8.04. The van der Waals surface area contributed by atoms with Crippen LogP contribution in [0, 0.1) is 12.7 Å². The highest BCUT2D eigenvalue weighted by atomic mass is 19.1. The second kappa shape index (κ2) is 4.00. The van der Waals surface area contributed by atoms with Crippen molar-refractivity contribution >= 4 is 11.5 Å². The third-order valence-corrected chi connectivity index (χ3v) is 1.92. The number of benzene rings is 1. The summed E-state index contributed by atoms with van der Waals surface area (Å²) in [5.41, 5.74) is 1.31. The Morgan fingerprint density at radius 3 is 2.64 bits per heavy atom. The minimum atomic E-state index is -0.409. The van der Waals surface area contributed by atoms with Gasteiger partial charge in [0, 0.05) is 12.5 Å². The Morgan fingerprint density at radius 2 is 2.14 bits per heavy atom. The highest BCUT2D eigenvalue weighted by molar-refractivity contribution is 6.45. The number of hydrazone groups is 1. The summed E-state index contributed by atoms with van der Waals surface area (Å²) in [5.74, 6) is 4.38. The molecule has 1 aromatic carbocycles. The molecular weight excluding hydrogens is 183 g/mol. The third-order valence-electron chi connectivity index (χ3n) is 1.92. The summed E-state index contributed by atoms with van der Waals surface area (Å²) in [6, 6.07) is 4.16. The number of ketones is 1. The van der Waals surface area contributed by atoms with Crippen molar-refractivity contribution in [3.05, 3.63) is 35.1 Å². The van der Waals surface area contributed by atoms with Crippen LogP contribution in [0.15, 0.2) is 23.3 Å². The van der Waals surface area contributed by atoms with Crippen LogP contribution in [0.4, 0.5) is 4.39 Å². The summed E-state index contributed by atoms with van der Waals surface area (Å²) < 4.78 is 12.9. The molecule has 0 aliphatic rings. The van der Waals surface area contributed by atoms with Crippen molar-refractivity contribution in [3.63, 3.8) is 0 Å². The lowest BCUT2D eigenvalue weighted by Gasteiger charge is -2.05. The van der Waals surface area contributed by atoms with Crippen LogP contribution in [-0.4, -0.2) is 11.5 Å². The zero-order valence-corrected chi connectivity index (χ0v) is 8.04. The average Bonchev–Trinajstić information content (AvgIpc) is 2.11. The largest absolute Gasteiger partial charge is 0.323 e. The lowest BCUT2D eigenvalue weighted by molar-refractivity contribution is -0.111. The molecule has 4 heteroatoms. The predicted octanol–water partition coefficient (Wildman–Crippen LogP) is 1.39. The van der Waals surface area contributed by atoms with E-state index in [0.717, 1.165) is 5.56 Å². The molecule has 0 bridgehead atoms. The van der Waals surface area contributed by atoms with Crippen molar-refractivity contribution in [3.8, 4) is 0 Å². The van der Waals surface area contributed by atoms with Gasteiger partial charge in [-0.15, -0.1) is 0 Å². The van der Waals surface area contributed by atoms with Crippen LogP contribution in [0.2, 0.25) is 0 Å². The van der Waals surface area contributed by atoms with E-state index in [0.29, 0.717) is 5.56 Å². The molecule has 0 aliphatic heterocycles. The van der Waals surface area contributed by atoms with Crippen molar-refractivity contribution in [1.82, 2.24) is 0 Å². The number of carbonyl (C=O) groups excluding carboxylic acids is 1. The summed E-state index contributed by atoms with van der Waals surface area (Å²) in [4.78, 5) is 11.1. The molecule has 2 N–H and O–H groups in total. The van der Waals surface area contributed by atoms with Gasteiger partial charge in [-0.05, 0) is 24.6 Å². The van der Waals surface area contributed by atoms with Crippen molar-refractivity contribution < 1.29 is 9.18 Å². The first-order valence-corrected chi connectivity index (χ1v) is 4.11. The van der Waals surface area contributed by atoms with Crippen molar-refractivity contribution in [2.45, 2.75) is 13.8 Å².